The highest BCUT2D eigenvalue weighted by Crippen LogP contribution is 2.28. The molecule has 0 aliphatic heterocycles. The molecule has 9 heteroatoms. The van der Waals surface area contributed by atoms with Crippen molar-refractivity contribution < 1.29 is 14.1 Å². The van der Waals surface area contributed by atoms with Crippen LogP contribution in [-0.2, 0) is 0 Å². The van der Waals surface area contributed by atoms with Gasteiger partial charge < -0.3 is 19.9 Å². The van der Waals surface area contributed by atoms with E-state index in [0.29, 0.717) is 34.0 Å². The van der Waals surface area contributed by atoms with Gasteiger partial charge in [0.2, 0.25) is 5.95 Å². The molecule has 0 atom stereocenters. The Morgan fingerprint density at radius 3 is 2.64 bits per heavy atom. The first kappa shape index (κ1) is 16.7. The number of aromatic nitrogens is 3. The monoisotopic (exact) mass is 359 g/mol. The van der Waals surface area contributed by atoms with Gasteiger partial charge in [-0.3, -0.25) is 4.79 Å². The summed E-state index contributed by atoms with van der Waals surface area (Å²) in [4.78, 5) is 20.5. The molecule has 2 heterocycles. The molecule has 1 aromatic carbocycles. The summed E-state index contributed by atoms with van der Waals surface area (Å²) in [5.74, 6) is 1.56. The van der Waals surface area contributed by atoms with E-state index in [1.165, 1.54) is 19.5 Å². The number of amides is 1. The number of rotatable bonds is 5. The number of nitrogens with zero attached hydrogens (tertiary/aromatic N) is 3. The number of benzene rings is 1. The van der Waals surface area contributed by atoms with Crippen molar-refractivity contribution in [1.82, 2.24) is 15.1 Å². The average Bonchev–Trinajstić information content (AvgIpc) is 3.00. The Labute approximate surface area is 148 Å². The van der Waals surface area contributed by atoms with Crippen LogP contribution >= 0.6 is 11.6 Å². The van der Waals surface area contributed by atoms with Gasteiger partial charge in [0.25, 0.3) is 5.91 Å². The predicted molar refractivity (Wildman–Crippen MR) is 92.5 cm³/mol. The highest BCUT2D eigenvalue weighted by Gasteiger charge is 2.12. The van der Waals surface area contributed by atoms with Crippen LogP contribution in [0.1, 0.15) is 16.1 Å². The number of anilines is 3. The Kier molecular flexibility index (Phi) is 4.80. The molecule has 25 heavy (non-hydrogen) atoms. The molecule has 3 aromatic rings. The fourth-order valence-corrected chi connectivity index (χ4v) is 2.19. The lowest BCUT2D eigenvalue weighted by atomic mass is 10.2. The molecule has 2 N–H and O–H groups in total. The summed E-state index contributed by atoms with van der Waals surface area (Å²) in [5, 5.41) is 9.85. The van der Waals surface area contributed by atoms with E-state index in [4.69, 9.17) is 20.9 Å². The number of aryl methyl sites for hydroxylation is 1. The number of hydrogen-bond acceptors (Lipinski definition) is 7. The first-order valence-electron chi connectivity index (χ1n) is 7.22. The predicted octanol–water partition coefficient (Wildman–Crippen LogP) is 3.43. The maximum absolute atomic E-state index is 12.3. The van der Waals surface area contributed by atoms with Gasteiger partial charge in [0, 0.05) is 23.5 Å². The van der Waals surface area contributed by atoms with E-state index in [1.807, 2.05) is 0 Å². The van der Waals surface area contributed by atoms with Crippen LogP contribution < -0.4 is 15.4 Å². The third-order valence-electron chi connectivity index (χ3n) is 3.19. The summed E-state index contributed by atoms with van der Waals surface area (Å²) >= 11 is 5.95. The van der Waals surface area contributed by atoms with Crippen LogP contribution in [0.3, 0.4) is 0 Å². The van der Waals surface area contributed by atoms with Crippen LogP contribution in [-0.4, -0.2) is 28.1 Å². The smallest absolute Gasteiger partial charge is 0.258 e. The first-order valence-corrected chi connectivity index (χ1v) is 7.60. The zero-order valence-electron chi connectivity index (χ0n) is 13.4. The van der Waals surface area contributed by atoms with E-state index in [1.54, 1.807) is 31.2 Å². The van der Waals surface area contributed by atoms with E-state index in [9.17, 15) is 4.79 Å². The average molecular weight is 360 g/mol. The van der Waals surface area contributed by atoms with Crippen LogP contribution in [0.15, 0.2) is 41.2 Å². The minimum Gasteiger partial charge on any atom is -0.495 e. The van der Waals surface area contributed by atoms with Gasteiger partial charge in [0.1, 0.15) is 11.5 Å². The molecule has 0 spiro atoms. The van der Waals surface area contributed by atoms with E-state index in [2.05, 4.69) is 25.8 Å². The van der Waals surface area contributed by atoms with E-state index in [-0.39, 0.29) is 11.5 Å². The van der Waals surface area contributed by atoms with Crippen LogP contribution in [0.5, 0.6) is 5.75 Å². The summed E-state index contributed by atoms with van der Waals surface area (Å²) in [5.41, 5.74) is 0.740. The van der Waals surface area contributed by atoms with Crippen molar-refractivity contribution in [1.29, 1.82) is 0 Å². The topological polar surface area (TPSA) is 102 Å². The molecular weight excluding hydrogens is 346 g/mol. The van der Waals surface area contributed by atoms with Crippen LogP contribution in [0.25, 0.3) is 0 Å². The molecule has 2 aromatic heterocycles. The zero-order valence-corrected chi connectivity index (χ0v) is 14.2. The molecule has 0 fully saturated rings. The summed E-state index contributed by atoms with van der Waals surface area (Å²) in [6.07, 6.45) is 2.79. The lowest BCUT2D eigenvalue weighted by molar-refractivity contribution is 0.102. The molecular formula is C16H14ClN5O3. The Bertz CT molecular complexity index is 895. The maximum atomic E-state index is 12.3. The molecule has 0 aliphatic carbocycles. The normalized spacial score (nSPS) is 10.4. The van der Waals surface area contributed by atoms with Crippen molar-refractivity contribution in [3.63, 3.8) is 0 Å². The molecule has 0 aliphatic rings. The number of halogens is 1. The number of nitrogens with one attached hydrogen (secondary N) is 2. The molecule has 1 amide bonds. The van der Waals surface area contributed by atoms with E-state index in [0.717, 1.165) is 0 Å². The number of carbonyl (C=O) groups is 1. The molecule has 0 saturated carbocycles. The molecule has 128 valence electrons. The SMILES string of the molecule is COc1ccc(Cl)cc1NC(=O)c1cnc(Nc2cc(C)on2)nc1. The third-order valence-corrected chi connectivity index (χ3v) is 3.43. The van der Waals surface area contributed by atoms with Gasteiger partial charge in [0.15, 0.2) is 5.82 Å². The Morgan fingerprint density at radius 1 is 1.24 bits per heavy atom. The third kappa shape index (κ3) is 4.04. The molecule has 0 radical (unpaired) electrons. The summed E-state index contributed by atoms with van der Waals surface area (Å²) in [7, 11) is 1.51. The largest absolute Gasteiger partial charge is 0.495 e. The zero-order chi connectivity index (χ0) is 17.8. The number of carbonyl (C=O) groups excluding carboxylic acids is 1. The van der Waals surface area contributed by atoms with Gasteiger partial charge in [-0.05, 0) is 25.1 Å². The molecule has 8 nitrogen and oxygen atoms in total. The van der Waals surface area contributed by atoms with Crippen molar-refractivity contribution in [2.75, 3.05) is 17.7 Å². The fourth-order valence-electron chi connectivity index (χ4n) is 2.02. The fraction of sp³-hybridized carbons (Fsp3) is 0.125. The van der Waals surface area contributed by atoms with Gasteiger partial charge in [-0.2, -0.15) is 0 Å². The maximum Gasteiger partial charge on any atom is 0.258 e. The van der Waals surface area contributed by atoms with Gasteiger partial charge in [-0.1, -0.05) is 16.8 Å². The number of hydrogen-bond donors (Lipinski definition) is 2. The van der Waals surface area contributed by atoms with Crippen LogP contribution in [0.4, 0.5) is 17.5 Å². The quantitative estimate of drug-likeness (QED) is 0.719. The number of ether oxygens (including phenoxy) is 1. The minimum atomic E-state index is -0.385. The molecule has 3 rings (SSSR count). The Balaban J connectivity index is 1.71. The second kappa shape index (κ2) is 7.18. The van der Waals surface area contributed by atoms with Crippen molar-refractivity contribution in [2.24, 2.45) is 0 Å². The number of methoxy groups -OCH3 is 1. The Morgan fingerprint density at radius 2 is 2.00 bits per heavy atom. The Hall–Kier alpha value is -3.13. The van der Waals surface area contributed by atoms with Crippen LogP contribution in [0.2, 0.25) is 5.02 Å². The van der Waals surface area contributed by atoms with Gasteiger partial charge in [-0.25, -0.2) is 9.97 Å². The van der Waals surface area contributed by atoms with Crippen molar-refractivity contribution in [3.8, 4) is 5.75 Å². The highest BCUT2D eigenvalue weighted by molar-refractivity contribution is 6.31. The molecule has 0 unspecified atom stereocenters. The van der Waals surface area contributed by atoms with E-state index >= 15 is 0 Å². The van der Waals surface area contributed by atoms with Crippen molar-refractivity contribution in [3.05, 3.63) is 53.0 Å². The lowest BCUT2D eigenvalue weighted by Gasteiger charge is -2.10. The molecule has 0 saturated heterocycles. The summed E-state index contributed by atoms with van der Waals surface area (Å²) in [6, 6.07) is 6.64. The van der Waals surface area contributed by atoms with Gasteiger partial charge >= 0.3 is 0 Å². The van der Waals surface area contributed by atoms with Gasteiger partial charge in [0.05, 0.1) is 18.4 Å². The van der Waals surface area contributed by atoms with Crippen molar-refractivity contribution >= 4 is 35.0 Å². The van der Waals surface area contributed by atoms with E-state index < -0.39 is 0 Å². The lowest BCUT2D eigenvalue weighted by Crippen LogP contribution is -2.13. The van der Waals surface area contributed by atoms with Gasteiger partial charge in [-0.15, -0.1) is 0 Å². The van der Waals surface area contributed by atoms with Crippen molar-refractivity contribution in [2.45, 2.75) is 6.92 Å². The second-order valence-corrected chi connectivity index (χ2v) is 5.48. The van der Waals surface area contributed by atoms with Crippen LogP contribution in [0, 0.1) is 6.92 Å². The first-order chi connectivity index (χ1) is 12.0. The molecule has 0 bridgehead atoms. The summed E-state index contributed by atoms with van der Waals surface area (Å²) in [6.45, 7) is 1.77. The minimum absolute atomic E-state index is 0.281. The highest BCUT2D eigenvalue weighted by atomic mass is 35.5. The summed E-state index contributed by atoms with van der Waals surface area (Å²) < 4.78 is 10.1. The standard InChI is InChI=1S/C16H14ClN5O3/c1-9-5-14(22-25-9)21-16-18-7-10(8-19-16)15(23)20-12-6-11(17)3-4-13(12)24-2/h3-8H,1-2H3,(H,20,23)(H,18,19,21,22). The second-order valence-electron chi connectivity index (χ2n) is 5.04.